The molecule has 0 saturated heterocycles. The van der Waals surface area contributed by atoms with Crippen LogP contribution in [0.3, 0.4) is 0 Å². The van der Waals surface area contributed by atoms with E-state index in [1.165, 1.54) is 0 Å². The first-order valence-electron chi connectivity index (χ1n) is 3.75. The van der Waals surface area contributed by atoms with E-state index in [4.69, 9.17) is 0 Å². The van der Waals surface area contributed by atoms with E-state index in [1.54, 1.807) is 6.08 Å². The molecule has 62 valence electrons. The van der Waals surface area contributed by atoms with Crippen LogP contribution in [0.1, 0.15) is 27.7 Å². The molecule has 11 heavy (non-hydrogen) atoms. The summed E-state index contributed by atoms with van der Waals surface area (Å²) in [5, 5.41) is 0. The summed E-state index contributed by atoms with van der Waals surface area (Å²) in [6, 6.07) is 0. The molecule has 0 aliphatic carbocycles. The van der Waals surface area contributed by atoms with Crippen LogP contribution in [0.25, 0.3) is 0 Å². The molecule has 0 rings (SSSR count). The summed E-state index contributed by atoms with van der Waals surface area (Å²) in [6.07, 6.45) is 1.73. The van der Waals surface area contributed by atoms with E-state index in [-0.39, 0.29) is 5.41 Å². The van der Waals surface area contributed by atoms with Crippen molar-refractivity contribution in [3.63, 3.8) is 0 Å². The third-order valence-electron chi connectivity index (χ3n) is 1.47. The molecule has 1 heteroatoms. The van der Waals surface area contributed by atoms with Gasteiger partial charge in [0.15, 0.2) is 0 Å². The van der Waals surface area contributed by atoms with Gasteiger partial charge in [0.25, 0.3) is 0 Å². The molecule has 1 nitrogen and oxygen atoms in total. The summed E-state index contributed by atoms with van der Waals surface area (Å²) in [4.78, 5) is 4.27. The molecule has 0 saturated carbocycles. The fraction of sp³-hybridized carbons (Fsp3) is 0.500. The second kappa shape index (κ2) is 3.51. The van der Waals surface area contributed by atoms with Gasteiger partial charge >= 0.3 is 0 Å². The zero-order valence-electron chi connectivity index (χ0n) is 7.94. The lowest BCUT2D eigenvalue weighted by Crippen LogP contribution is -2.07. The summed E-state index contributed by atoms with van der Waals surface area (Å²) in [5.41, 5.74) is 1.88. The highest BCUT2D eigenvalue weighted by atomic mass is 14.8. The van der Waals surface area contributed by atoms with Gasteiger partial charge in [0.2, 0.25) is 0 Å². The van der Waals surface area contributed by atoms with Crippen molar-refractivity contribution >= 4 is 5.71 Å². The standard InChI is InChI=1S/C10H17N/c1-7-8(2)11-9(3)10(4,5)6/h7H,1,3H2,2,4-6H3. The number of nitrogens with zero attached hydrogens (tertiary/aromatic N) is 1. The van der Waals surface area contributed by atoms with Gasteiger partial charge in [0, 0.05) is 16.8 Å². The van der Waals surface area contributed by atoms with Crippen LogP contribution in [-0.2, 0) is 0 Å². The maximum absolute atomic E-state index is 4.27. The summed E-state index contributed by atoms with van der Waals surface area (Å²) >= 11 is 0. The van der Waals surface area contributed by atoms with Gasteiger partial charge in [-0.1, -0.05) is 33.9 Å². The third-order valence-corrected chi connectivity index (χ3v) is 1.47. The van der Waals surface area contributed by atoms with E-state index in [0.29, 0.717) is 0 Å². The quantitative estimate of drug-likeness (QED) is 0.537. The van der Waals surface area contributed by atoms with Gasteiger partial charge in [-0.15, -0.1) is 0 Å². The molecule has 0 amide bonds. The van der Waals surface area contributed by atoms with E-state index in [0.717, 1.165) is 11.4 Å². The zero-order valence-corrected chi connectivity index (χ0v) is 7.94. The Morgan fingerprint density at radius 2 is 1.82 bits per heavy atom. The number of aliphatic imine (C=N–C) groups is 1. The second-order valence-electron chi connectivity index (χ2n) is 3.65. The number of hydrogen-bond donors (Lipinski definition) is 0. The molecular weight excluding hydrogens is 134 g/mol. The fourth-order valence-corrected chi connectivity index (χ4v) is 0.426. The fourth-order valence-electron chi connectivity index (χ4n) is 0.426. The molecular formula is C10H17N. The van der Waals surface area contributed by atoms with Gasteiger partial charge in [0.05, 0.1) is 0 Å². The Kier molecular flexibility index (Phi) is 3.24. The van der Waals surface area contributed by atoms with E-state index < -0.39 is 0 Å². The number of rotatable bonds is 2. The van der Waals surface area contributed by atoms with Crippen molar-refractivity contribution < 1.29 is 0 Å². The van der Waals surface area contributed by atoms with Crippen LogP contribution in [0, 0.1) is 5.41 Å². The first-order chi connectivity index (χ1) is 4.88. The Labute approximate surface area is 69.5 Å². The smallest absolute Gasteiger partial charge is 0.0388 e. The molecule has 0 unspecified atom stereocenters. The van der Waals surface area contributed by atoms with Crippen molar-refractivity contribution in [3.8, 4) is 0 Å². The van der Waals surface area contributed by atoms with Crippen molar-refractivity contribution in [1.82, 2.24) is 0 Å². The second-order valence-corrected chi connectivity index (χ2v) is 3.65. The molecule has 0 aromatic carbocycles. The van der Waals surface area contributed by atoms with Crippen LogP contribution in [0.4, 0.5) is 0 Å². The molecule has 0 heterocycles. The normalized spacial score (nSPS) is 12.9. The molecule has 0 aliphatic heterocycles. The lowest BCUT2D eigenvalue weighted by molar-refractivity contribution is 0.500. The Hall–Kier alpha value is -0.850. The average molecular weight is 151 g/mol. The molecule has 0 aromatic rings. The lowest BCUT2D eigenvalue weighted by atomic mass is 9.93. The lowest BCUT2D eigenvalue weighted by Gasteiger charge is -2.17. The monoisotopic (exact) mass is 151 g/mol. The molecule has 0 bridgehead atoms. The average Bonchev–Trinajstić information content (AvgIpc) is 1.85. The molecule has 0 aliphatic rings. The van der Waals surface area contributed by atoms with Crippen molar-refractivity contribution in [2.75, 3.05) is 0 Å². The van der Waals surface area contributed by atoms with Crippen LogP contribution >= 0.6 is 0 Å². The summed E-state index contributed by atoms with van der Waals surface area (Å²) in [6.45, 7) is 15.7. The van der Waals surface area contributed by atoms with Crippen LogP contribution < -0.4 is 0 Å². The Morgan fingerprint density at radius 3 is 2.09 bits per heavy atom. The van der Waals surface area contributed by atoms with Crippen LogP contribution in [0.15, 0.2) is 29.9 Å². The number of allylic oxidation sites excluding steroid dienone is 2. The van der Waals surface area contributed by atoms with Gasteiger partial charge in [-0.2, -0.15) is 0 Å². The minimum Gasteiger partial charge on any atom is -0.258 e. The molecule has 0 aromatic heterocycles. The van der Waals surface area contributed by atoms with Crippen molar-refractivity contribution in [2.24, 2.45) is 10.4 Å². The molecule has 0 N–H and O–H groups in total. The third kappa shape index (κ3) is 3.76. The van der Waals surface area contributed by atoms with E-state index in [9.17, 15) is 0 Å². The van der Waals surface area contributed by atoms with Crippen molar-refractivity contribution in [3.05, 3.63) is 24.9 Å². The summed E-state index contributed by atoms with van der Waals surface area (Å²) in [7, 11) is 0. The minimum atomic E-state index is 0.0598. The maximum atomic E-state index is 4.27. The molecule has 0 spiro atoms. The largest absolute Gasteiger partial charge is 0.258 e. The predicted octanol–water partition coefficient (Wildman–Crippen LogP) is 3.19. The highest BCUT2D eigenvalue weighted by Gasteiger charge is 2.13. The van der Waals surface area contributed by atoms with Gasteiger partial charge in [-0.05, 0) is 13.0 Å². The van der Waals surface area contributed by atoms with Gasteiger partial charge in [0.1, 0.15) is 0 Å². The Balaban J connectivity index is 4.42. The van der Waals surface area contributed by atoms with Crippen LogP contribution in [-0.4, -0.2) is 5.71 Å². The van der Waals surface area contributed by atoms with Gasteiger partial charge < -0.3 is 0 Å². The first-order valence-corrected chi connectivity index (χ1v) is 3.75. The molecule has 0 atom stereocenters. The van der Waals surface area contributed by atoms with Crippen molar-refractivity contribution in [2.45, 2.75) is 27.7 Å². The summed E-state index contributed by atoms with van der Waals surface area (Å²) < 4.78 is 0. The predicted molar refractivity (Wildman–Crippen MR) is 51.9 cm³/mol. The minimum absolute atomic E-state index is 0.0598. The van der Waals surface area contributed by atoms with E-state index in [1.807, 2.05) is 6.92 Å². The van der Waals surface area contributed by atoms with Crippen molar-refractivity contribution in [1.29, 1.82) is 0 Å². The molecule has 0 fully saturated rings. The van der Waals surface area contributed by atoms with E-state index in [2.05, 4.69) is 38.9 Å². The Morgan fingerprint density at radius 1 is 1.36 bits per heavy atom. The molecule has 0 radical (unpaired) electrons. The zero-order chi connectivity index (χ0) is 9.07. The highest BCUT2D eigenvalue weighted by molar-refractivity contribution is 5.92. The highest BCUT2D eigenvalue weighted by Crippen LogP contribution is 2.24. The number of hydrogen-bond acceptors (Lipinski definition) is 1. The summed E-state index contributed by atoms with van der Waals surface area (Å²) in [5.74, 6) is 0. The van der Waals surface area contributed by atoms with Gasteiger partial charge in [-0.3, -0.25) is 4.99 Å². The Bertz CT molecular complexity index is 191. The first kappa shape index (κ1) is 10.2. The topological polar surface area (TPSA) is 12.4 Å². The SMILES string of the molecule is C=CC(C)=NC(=C)C(C)(C)C. The van der Waals surface area contributed by atoms with Crippen LogP contribution in [0.2, 0.25) is 0 Å². The van der Waals surface area contributed by atoms with E-state index >= 15 is 0 Å². The maximum Gasteiger partial charge on any atom is 0.0388 e. The van der Waals surface area contributed by atoms with Gasteiger partial charge in [-0.25, -0.2) is 0 Å². The van der Waals surface area contributed by atoms with Crippen LogP contribution in [0.5, 0.6) is 0 Å².